The number of hydrogen-bond acceptors (Lipinski definition) is 3. The van der Waals surface area contributed by atoms with E-state index in [9.17, 15) is 22.4 Å². The lowest BCUT2D eigenvalue weighted by molar-refractivity contribution is -0.118. The summed E-state index contributed by atoms with van der Waals surface area (Å²) in [5.74, 6) is -1.12. The van der Waals surface area contributed by atoms with Gasteiger partial charge in [-0.25, -0.2) is 0 Å². The van der Waals surface area contributed by atoms with Crippen molar-refractivity contribution in [2.24, 2.45) is 0 Å². The highest BCUT2D eigenvalue weighted by Gasteiger charge is 2.16. The maximum atomic E-state index is 12.4. The molecule has 1 amide bonds. The van der Waals surface area contributed by atoms with Crippen LogP contribution in [0.4, 0.5) is 17.6 Å². The van der Waals surface area contributed by atoms with E-state index < -0.39 is 24.7 Å². The summed E-state index contributed by atoms with van der Waals surface area (Å²) in [6.45, 7) is -0.666. The Hall–Kier alpha value is -2.25. The lowest BCUT2D eigenvalue weighted by atomic mass is 10.0. The van der Waals surface area contributed by atoms with Crippen LogP contribution in [-0.2, 0) is 4.79 Å². The molecule has 0 saturated carbocycles. The smallest absolute Gasteiger partial charge is 0.387 e. The van der Waals surface area contributed by atoms with E-state index in [0.717, 1.165) is 18.2 Å². The quantitative estimate of drug-likeness (QED) is 0.565. The van der Waals surface area contributed by atoms with Gasteiger partial charge < -0.3 is 14.8 Å². The van der Waals surface area contributed by atoms with Gasteiger partial charge in [0.2, 0.25) is 5.91 Å². The Kier molecular flexibility index (Phi) is 7.06. The summed E-state index contributed by atoms with van der Waals surface area (Å²) in [5, 5.41) is 2.74. The standard InChI is InChI=1S/C16H19F4NO3/c1-4-16(2,3)21-13(22)8-6-10-5-7-11(23-14(17)18)9-12(10)24-15(19)20/h5-9,14-15H,4H2,1-3H3,(H,21,22)/b8-6+. The fourth-order valence-corrected chi connectivity index (χ4v) is 1.66. The van der Waals surface area contributed by atoms with Gasteiger partial charge in [0.25, 0.3) is 0 Å². The second kappa shape index (κ2) is 8.56. The van der Waals surface area contributed by atoms with Crippen LogP contribution in [0.2, 0.25) is 0 Å². The van der Waals surface area contributed by atoms with Gasteiger partial charge in [0.15, 0.2) is 0 Å². The fourth-order valence-electron chi connectivity index (χ4n) is 1.66. The number of ether oxygens (including phenoxy) is 2. The lowest BCUT2D eigenvalue weighted by Gasteiger charge is -2.23. The van der Waals surface area contributed by atoms with E-state index in [1.54, 1.807) is 0 Å². The Morgan fingerprint density at radius 3 is 2.38 bits per heavy atom. The minimum absolute atomic E-state index is 0.126. The highest BCUT2D eigenvalue weighted by molar-refractivity contribution is 5.92. The molecule has 0 heterocycles. The van der Waals surface area contributed by atoms with Gasteiger partial charge in [0, 0.05) is 23.2 Å². The van der Waals surface area contributed by atoms with Gasteiger partial charge in [-0.2, -0.15) is 17.6 Å². The Labute approximate surface area is 137 Å². The van der Waals surface area contributed by atoms with Crippen LogP contribution in [0.5, 0.6) is 11.5 Å². The average Bonchev–Trinajstić information content (AvgIpc) is 2.44. The van der Waals surface area contributed by atoms with Gasteiger partial charge in [-0.1, -0.05) is 6.92 Å². The number of carbonyl (C=O) groups excluding carboxylic acids is 1. The molecule has 134 valence electrons. The van der Waals surface area contributed by atoms with Crippen LogP contribution in [0.25, 0.3) is 6.08 Å². The summed E-state index contributed by atoms with van der Waals surface area (Å²) in [4.78, 5) is 11.8. The van der Waals surface area contributed by atoms with Crippen molar-refractivity contribution in [3.63, 3.8) is 0 Å². The Balaban J connectivity index is 2.96. The molecule has 1 N–H and O–H groups in total. The number of rotatable bonds is 8. The van der Waals surface area contributed by atoms with E-state index in [0.29, 0.717) is 6.42 Å². The van der Waals surface area contributed by atoms with E-state index in [-0.39, 0.29) is 17.1 Å². The first kappa shape index (κ1) is 19.8. The number of hydrogen-bond donors (Lipinski definition) is 1. The van der Waals surface area contributed by atoms with Gasteiger partial charge in [-0.3, -0.25) is 4.79 Å². The highest BCUT2D eigenvalue weighted by Crippen LogP contribution is 2.28. The first-order valence-corrected chi connectivity index (χ1v) is 7.17. The first-order chi connectivity index (χ1) is 11.1. The van der Waals surface area contributed by atoms with Crippen LogP contribution in [0, 0.1) is 0 Å². The van der Waals surface area contributed by atoms with Crippen LogP contribution < -0.4 is 14.8 Å². The molecule has 8 heteroatoms. The maximum Gasteiger partial charge on any atom is 0.387 e. The molecule has 0 aromatic heterocycles. The predicted octanol–water partition coefficient (Wildman–Crippen LogP) is 4.21. The topological polar surface area (TPSA) is 47.6 Å². The molecule has 0 saturated heterocycles. The highest BCUT2D eigenvalue weighted by atomic mass is 19.3. The SMILES string of the molecule is CCC(C)(C)NC(=O)/C=C/c1ccc(OC(F)F)cc1OC(F)F. The van der Waals surface area contributed by atoms with Crippen molar-refractivity contribution in [3.8, 4) is 11.5 Å². The molecule has 4 nitrogen and oxygen atoms in total. The van der Waals surface area contributed by atoms with Crippen LogP contribution >= 0.6 is 0 Å². The summed E-state index contributed by atoms with van der Waals surface area (Å²) in [6.07, 6.45) is 3.11. The summed E-state index contributed by atoms with van der Waals surface area (Å²) in [7, 11) is 0. The maximum absolute atomic E-state index is 12.4. The predicted molar refractivity (Wildman–Crippen MR) is 81.3 cm³/mol. The van der Waals surface area contributed by atoms with Gasteiger partial charge >= 0.3 is 13.2 Å². The molecule has 0 radical (unpaired) electrons. The third-order valence-corrected chi connectivity index (χ3v) is 3.19. The van der Waals surface area contributed by atoms with Gasteiger partial charge in [-0.15, -0.1) is 0 Å². The molecular formula is C16H19F4NO3. The molecular weight excluding hydrogens is 330 g/mol. The van der Waals surface area contributed by atoms with E-state index in [2.05, 4.69) is 14.8 Å². The zero-order valence-electron chi connectivity index (χ0n) is 13.5. The largest absolute Gasteiger partial charge is 0.435 e. The zero-order chi connectivity index (χ0) is 18.3. The molecule has 1 aromatic rings. The fraction of sp³-hybridized carbons (Fsp3) is 0.438. The lowest BCUT2D eigenvalue weighted by Crippen LogP contribution is -2.41. The van der Waals surface area contributed by atoms with E-state index >= 15 is 0 Å². The van der Waals surface area contributed by atoms with Crippen molar-refractivity contribution in [1.29, 1.82) is 0 Å². The second-order valence-corrected chi connectivity index (χ2v) is 5.52. The van der Waals surface area contributed by atoms with Crippen molar-refractivity contribution >= 4 is 12.0 Å². The summed E-state index contributed by atoms with van der Waals surface area (Å²) in [5.41, 5.74) is -0.292. The molecule has 24 heavy (non-hydrogen) atoms. The van der Waals surface area contributed by atoms with Crippen molar-refractivity contribution in [2.45, 2.75) is 46.0 Å². The first-order valence-electron chi connectivity index (χ1n) is 7.17. The molecule has 0 aliphatic rings. The van der Waals surface area contributed by atoms with Crippen LogP contribution in [0.3, 0.4) is 0 Å². The number of carbonyl (C=O) groups is 1. The number of amides is 1. The van der Waals surface area contributed by atoms with Crippen LogP contribution in [0.15, 0.2) is 24.3 Å². The summed E-state index contributed by atoms with van der Waals surface area (Å²) >= 11 is 0. The molecule has 0 fully saturated rings. The van der Waals surface area contributed by atoms with Crippen molar-refractivity contribution in [3.05, 3.63) is 29.8 Å². The minimum atomic E-state index is -3.15. The van der Waals surface area contributed by atoms with Gasteiger partial charge in [0.1, 0.15) is 11.5 Å². The minimum Gasteiger partial charge on any atom is -0.435 e. The molecule has 0 atom stereocenters. The van der Waals surface area contributed by atoms with Crippen molar-refractivity contribution in [1.82, 2.24) is 5.32 Å². The zero-order valence-corrected chi connectivity index (χ0v) is 13.5. The molecule has 1 aromatic carbocycles. The Morgan fingerprint density at radius 1 is 1.21 bits per heavy atom. The molecule has 0 spiro atoms. The van der Waals surface area contributed by atoms with Gasteiger partial charge in [-0.05, 0) is 38.5 Å². The molecule has 0 aliphatic carbocycles. The monoisotopic (exact) mass is 349 g/mol. The number of alkyl halides is 4. The van der Waals surface area contributed by atoms with E-state index in [1.165, 1.54) is 12.1 Å². The van der Waals surface area contributed by atoms with Crippen molar-refractivity contribution in [2.75, 3.05) is 0 Å². The molecule has 0 aliphatic heterocycles. The summed E-state index contributed by atoms with van der Waals surface area (Å²) in [6, 6.07) is 3.31. The van der Waals surface area contributed by atoms with Crippen molar-refractivity contribution < 1.29 is 31.8 Å². The Morgan fingerprint density at radius 2 is 1.83 bits per heavy atom. The molecule has 1 rings (SSSR count). The average molecular weight is 349 g/mol. The van der Waals surface area contributed by atoms with Crippen LogP contribution in [-0.4, -0.2) is 24.7 Å². The number of halogens is 4. The Bertz CT molecular complexity index is 589. The normalized spacial score (nSPS) is 12.0. The van der Waals surface area contributed by atoms with E-state index in [4.69, 9.17) is 0 Å². The van der Waals surface area contributed by atoms with Crippen LogP contribution in [0.1, 0.15) is 32.8 Å². The number of benzene rings is 1. The third kappa shape index (κ3) is 6.89. The third-order valence-electron chi connectivity index (χ3n) is 3.19. The number of nitrogens with one attached hydrogen (secondary N) is 1. The molecule has 0 unspecified atom stereocenters. The molecule has 0 bridgehead atoms. The van der Waals surface area contributed by atoms with E-state index in [1.807, 2.05) is 20.8 Å². The summed E-state index contributed by atoms with van der Waals surface area (Å²) < 4.78 is 57.7. The second-order valence-electron chi connectivity index (χ2n) is 5.52. The van der Waals surface area contributed by atoms with Gasteiger partial charge in [0.05, 0.1) is 0 Å².